The van der Waals surface area contributed by atoms with Crippen molar-refractivity contribution in [1.82, 2.24) is 5.32 Å². The third-order valence-corrected chi connectivity index (χ3v) is 3.82. The van der Waals surface area contributed by atoms with E-state index in [1.165, 1.54) is 23.3 Å². The Hall–Kier alpha value is -0.870. The first kappa shape index (κ1) is 10.6. The molecule has 0 spiro atoms. The molecule has 0 aliphatic heterocycles. The van der Waals surface area contributed by atoms with Gasteiger partial charge in [0.25, 0.3) is 5.91 Å². The Morgan fingerprint density at radius 1 is 1.47 bits per heavy atom. The quantitative estimate of drug-likeness (QED) is 0.813. The smallest absolute Gasteiger partial charge is 0.252 e. The Morgan fingerprint density at radius 2 is 2.27 bits per heavy atom. The molecular formula is C11H16N2OS. The van der Waals surface area contributed by atoms with E-state index in [2.05, 4.69) is 5.32 Å². The fraction of sp³-hybridized carbons (Fsp3) is 0.545. The van der Waals surface area contributed by atoms with E-state index in [0.717, 1.165) is 18.4 Å². The van der Waals surface area contributed by atoms with Gasteiger partial charge in [-0.15, -0.1) is 11.3 Å². The van der Waals surface area contributed by atoms with E-state index in [4.69, 9.17) is 5.73 Å². The number of amides is 1. The van der Waals surface area contributed by atoms with Crippen LogP contribution in [0, 0.1) is 0 Å². The van der Waals surface area contributed by atoms with E-state index in [-0.39, 0.29) is 5.91 Å². The molecule has 0 unspecified atom stereocenters. The van der Waals surface area contributed by atoms with E-state index in [1.54, 1.807) is 11.3 Å². The van der Waals surface area contributed by atoms with Crippen LogP contribution < -0.4 is 11.1 Å². The first-order chi connectivity index (χ1) is 7.33. The Morgan fingerprint density at radius 3 is 3.07 bits per heavy atom. The lowest BCUT2D eigenvalue weighted by Crippen LogP contribution is -2.29. The number of nitrogens with one attached hydrogen (secondary N) is 1. The summed E-state index contributed by atoms with van der Waals surface area (Å²) in [6.45, 7) is 1.06. The molecule has 82 valence electrons. The highest BCUT2D eigenvalue weighted by atomic mass is 32.1. The molecule has 0 bridgehead atoms. The van der Waals surface area contributed by atoms with Crippen molar-refractivity contribution in [1.29, 1.82) is 0 Å². The summed E-state index contributed by atoms with van der Waals surface area (Å²) in [5, 5.41) is 4.82. The van der Waals surface area contributed by atoms with Gasteiger partial charge in [0.1, 0.15) is 0 Å². The molecule has 1 heterocycles. The minimum absolute atomic E-state index is 0.0415. The number of rotatable bonds is 3. The lowest BCUT2D eigenvalue weighted by Gasteiger charge is -2.12. The third-order valence-electron chi connectivity index (χ3n) is 2.74. The second-order valence-electron chi connectivity index (χ2n) is 3.80. The number of aryl methyl sites for hydroxylation is 1. The molecule has 0 radical (unpaired) electrons. The highest BCUT2D eigenvalue weighted by Crippen LogP contribution is 2.29. The van der Waals surface area contributed by atoms with Crippen molar-refractivity contribution in [3.8, 4) is 0 Å². The molecule has 0 saturated heterocycles. The van der Waals surface area contributed by atoms with Crippen LogP contribution in [0.25, 0.3) is 0 Å². The van der Waals surface area contributed by atoms with Crippen LogP contribution in [0.3, 0.4) is 0 Å². The molecule has 3 N–H and O–H groups in total. The van der Waals surface area contributed by atoms with Gasteiger partial charge in [-0.25, -0.2) is 0 Å². The van der Waals surface area contributed by atoms with Crippen molar-refractivity contribution in [2.24, 2.45) is 5.73 Å². The van der Waals surface area contributed by atoms with Gasteiger partial charge < -0.3 is 11.1 Å². The minimum atomic E-state index is 0.0415. The number of carbonyl (C=O) groups excluding carboxylic acids is 1. The van der Waals surface area contributed by atoms with E-state index >= 15 is 0 Å². The normalized spacial score (nSPS) is 14.7. The Bertz CT molecular complexity index is 359. The van der Waals surface area contributed by atoms with Gasteiger partial charge in [-0.2, -0.15) is 0 Å². The largest absolute Gasteiger partial charge is 0.351 e. The summed E-state index contributed by atoms with van der Waals surface area (Å²) in [4.78, 5) is 13.2. The number of thiophene rings is 1. The summed E-state index contributed by atoms with van der Waals surface area (Å²) in [6.07, 6.45) is 4.67. The van der Waals surface area contributed by atoms with Crippen LogP contribution in [0.1, 0.15) is 33.6 Å². The SMILES string of the molecule is NCCNC(=O)c1csc2c1CCCC2. The van der Waals surface area contributed by atoms with Gasteiger partial charge in [0.15, 0.2) is 0 Å². The fourth-order valence-electron chi connectivity index (χ4n) is 1.97. The van der Waals surface area contributed by atoms with Crippen molar-refractivity contribution in [2.45, 2.75) is 25.7 Å². The van der Waals surface area contributed by atoms with Crippen molar-refractivity contribution < 1.29 is 4.79 Å². The molecular weight excluding hydrogens is 208 g/mol. The summed E-state index contributed by atoms with van der Waals surface area (Å²) in [7, 11) is 0. The number of fused-ring (bicyclic) bond motifs is 1. The van der Waals surface area contributed by atoms with Gasteiger partial charge in [0, 0.05) is 23.3 Å². The van der Waals surface area contributed by atoms with Crippen LogP contribution in [-0.2, 0) is 12.8 Å². The van der Waals surface area contributed by atoms with Crippen LogP contribution in [0.15, 0.2) is 5.38 Å². The van der Waals surface area contributed by atoms with Gasteiger partial charge >= 0.3 is 0 Å². The molecule has 0 saturated carbocycles. The standard InChI is InChI=1S/C11H16N2OS/c12-5-6-13-11(14)9-7-15-10-4-2-1-3-8(9)10/h7H,1-6,12H2,(H,13,14). The highest BCUT2D eigenvalue weighted by molar-refractivity contribution is 7.10. The average molecular weight is 224 g/mol. The first-order valence-corrected chi connectivity index (χ1v) is 6.28. The maximum Gasteiger partial charge on any atom is 0.252 e. The van der Waals surface area contributed by atoms with Crippen LogP contribution in [0.5, 0.6) is 0 Å². The summed E-state index contributed by atoms with van der Waals surface area (Å²) >= 11 is 1.72. The summed E-state index contributed by atoms with van der Waals surface area (Å²) < 4.78 is 0. The molecule has 1 aromatic heterocycles. The van der Waals surface area contributed by atoms with E-state index in [0.29, 0.717) is 13.1 Å². The molecule has 0 aromatic carbocycles. The highest BCUT2D eigenvalue weighted by Gasteiger charge is 2.19. The predicted molar refractivity (Wildman–Crippen MR) is 62.3 cm³/mol. The molecule has 15 heavy (non-hydrogen) atoms. The zero-order chi connectivity index (χ0) is 10.7. The van der Waals surface area contributed by atoms with E-state index in [1.807, 2.05) is 5.38 Å². The van der Waals surface area contributed by atoms with Gasteiger partial charge in [0.2, 0.25) is 0 Å². The number of hydrogen-bond donors (Lipinski definition) is 2. The average Bonchev–Trinajstić information content (AvgIpc) is 2.69. The maximum atomic E-state index is 11.8. The summed E-state index contributed by atoms with van der Waals surface area (Å²) in [6, 6.07) is 0. The van der Waals surface area contributed by atoms with E-state index < -0.39 is 0 Å². The van der Waals surface area contributed by atoms with E-state index in [9.17, 15) is 4.79 Å². The molecule has 4 heteroatoms. The lowest BCUT2D eigenvalue weighted by molar-refractivity contribution is 0.0954. The van der Waals surface area contributed by atoms with Crippen molar-refractivity contribution >= 4 is 17.2 Å². The maximum absolute atomic E-state index is 11.8. The van der Waals surface area contributed by atoms with Crippen LogP contribution in [0.4, 0.5) is 0 Å². The molecule has 3 nitrogen and oxygen atoms in total. The Balaban J connectivity index is 2.14. The van der Waals surface area contributed by atoms with Crippen molar-refractivity contribution in [2.75, 3.05) is 13.1 Å². The van der Waals surface area contributed by atoms with Crippen molar-refractivity contribution in [3.05, 3.63) is 21.4 Å². The molecule has 1 aliphatic carbocycles. The van der Waals surface area contributed by atoms with Gasteiger partial charge in [-0.3, -0.25) is 4.79 Å². The van der Waals surface area contributed by atoms with Gasteiger partial charge in [-0.1, -0.05) is 0 Å². The second-order valence-corrected chi connectivity index (χ2v) is 4.77. The van der Waals surface area contributed by atoms with Crippen LogP contribution in [0.2, 0.25) is 0 Å². The predicted octanol–water partition coefficient (Wildman–Crippen LogP) is 1.32. The molecule has 1 aromatic rings. The first-order valence-electron chi connectivity index (χ1n) is 5.40. The number of hydrogen-bond acceptors (Lipinski definition) is 3. The zero-order valence-corrected chi connectivity index (χ0v) is 9.53. The molecule has 0 fully saturated rings. The molecule has 0 atom stereocenters. The van der Waals surface area contributed by atoms with Gasteiger partial charge in [-0.05, 0) is 31.2 Å². The fourth-order valence-corrected chi connectivity index (χ4v) is 3.09. The summed E-state index contributed by atoms with van der Waals surface area (Å²) in [5.41, 5.74) is 7.51. The summed E-state index contributed by atoms with van der Waals surface area (Å²) in [5.74, 6) is 0.0415. The number of nitrogens with two attached hydrogens (primary N) is 1. The monoisotopic (exact) mass is 224 g/mol. The minimum Gasteiger partial charge on any atom is -0.351 e. The number of carbonyl (C=O) groups is 1. The lowest BCUT2D eigenvalue weighted by atomic mass is 9.96. The van der Waals surface area contributed by atoms with Gasteiger partial charge in [0.05, 0.1) is 5.56 Å². The second kappa shape index (κ2) is 4.77. The Kier molecular flexibility index (Phi) is 3.38. The Labute approximate surface area is 93.7 Å². The van der Waals surface area contributed by atoms with Crippen LogP contribution >= 0.6 is 11.3 Å². The zero-order valence-electron chi connectivity index (χ0n) is 8.71. The molecule has 1 aliphatic rings. The van der Waals surface area contributed by atoms with Crippen molar-refractivity contribution in [3.63, 3.8) is 0 Å². The molecule has 1 amide bonds. The third kappa shape index (κ3) is 2.21. The molecule has 2 rings (SSSR count). The topological polar surface area (TPSA) is 55.1 Å². The van der Waals surface area contributed by atoms with Crippen LogP contribution in [-0.4, -0.2) is 19.0 Å².